The second-order valence-electron chi connectivity index (χ2n) is 4.26. The molecule has 0 spiro atoms. The first-order chi connectivity index (χ1) is 8.13. The van der Waals surface area contributed by atoms with E-state index >= 15 is 0 Å². The molecule has 17 heavy (non-hydrogen) atoms. The molecule has 0 heterocycles. The van der Waals surface area contributed by atoms with E-state index < -0.39 is 0 Å². The normalized spacial score (nSPS) is 14.2. The Morgan fingerprint density at radius 2 is 1.94 bits per heavy atom. The largest absolute Gasteiger partial charge is 0.493 e. The van der Waals surface area contributed by atoms with Gasteiger partial charge in [0.25, 0.3) is 0 Å². The van der Waals surface area contributed by atoms with Crippen molar-refractivity contribution in [3.05, 3.63) is 23.8 Å². The number of alkyl halides is 1. The fourth-order valence-electron chi connectivity index (χ4n) is 1.70. The molecule has 0 aliphatic heterocycles. The van der Waals surface area contributed by atoms with Gasteiger partial charge in [0.15, 0.2) is 11.5 Å². The molecule has 0 bridgehead atoms. The Bertz CT molecular complexity index is 352. The third-order valence-electron chi connectivity index (χ3n) is 3.11. The van der Waals surface area contributed by atoms with E-state index in [1.165, 1.54) is 5.56 Å². The molecule has 0 N–H and O–H groups in total. The maximum atomic E-state index is 5.52. The molecule has 1 aromatic rings. The van der Waals surface area contributed by atoms with E-state index in [-0.39, 0.29) is 0 Å². The maximum Gasteiger partial charge on any atom is 0.161 e. The molecule has 0 aliphatic carbocycles. The van der Waals surface area contributed by atoms with Gasteiger partial charge < -0.3 is 9.47 Å². The van der Waals surface area contributed by atoms with Gasteiger partial charge in [-0.15, -0.1) is 0 Å². The van der Waals surface area contributed by atoms with Gasteiger partial charge in [0.05, 0.1) is 13.7 Å². The Labute approximate surface area is 112 Å². The Balaban J connectivity index is 2.96. The van der Waals surface area contributed by atoms with Crippen LogP contribution in [0, 0.1) is 5.92 Å². The number of methoxy groups -OCH3 is 1. The van der Waals surface area contributed by atoms with Crippen molar-refractivity contribution in [3.63, 3.8) is 0 Å². The fourth-order valence-corrected chi connectivity index (χ4v) is 2.27. The summed E-state index contributed by atoms with van der Waals surface area (Å²) in [5.41, 5.74) is 1.29. The number of hydrogen-bond acceptors (Lipinski definition) is 2. The minimum atomic E-state index is 0.499. The maximum absolute atomic E-state index is 5.52. The molecule has 1 rings (SSSR count). The average Bonchev–Trinajstić information content (AvgIpc) is 2.37. The molecule has 0 amide bonds. The molecular formula is C14H21BrO2. The first-order valence-electron chi connectivity index (χ1n) is 6.00. The van der Waals surface area contributed by atoms with Crippen LogP contribution in [0.5, 0.6) is 11.5 Å². The predicted molar refractivity (Wildman–Crippen MR) is 75.5 cm³/mol. The topological polar surface area (TPSA) is 18.5 Å². The molecule has 0 fully saturated rings. The standard InChI is InChI=1S/C14H21BrO2/c1-5-17-13-7-6-12(8-14(13)16-4)11(3)10(2)9-15/h6-8,10-11H,5,9H2,1-4H3. The van der Waals surface area contributed by atoms with Crippen molar-refractivity contribution in [3.8, 4) is 11.5 Å². The van der Waals surface area contributed by atoms with Crippen LogP contribution >= 0.6 is 15.9 Å². The van der Waals surface area contributed by atoms with E-state index in [0.717, 1.165) is 16.8 Å². The highest BCUT2D eigenvalue weighted by Gasteiger charge is 2.15. The number of ether oxygens (including phenoxy) is 2. The molecule has 1 aromatic carbocycles. The van der Waals surface area contributed by atoms with Crippen LogP contribution in [-0.2, 0) is 0 Å². The molecule has 3 heteroatoms. The lowest BCUT2D eigenvalue weighted by Crippen LogP contribution is -2.08. The lowest BCUT2D eigenvalue weighted by atomic mass is 9.90. The molecule has 0 aliphatic rings. The van der Waals surface area contributed by atoms with Gasteiger partial charge >= 0.3 is 0 Å². The highest BCUT2D eigenvalue weighted by molar-refractivity contribution is 9.09. The van der Waals surface area contributed by atoms with Crippen LogP contribution in [0.2, 0.25) is 0 Å². The van der Waals surface area contributed by atoms with Crippen LogP contribution in [0.4, 0.5) is 0 Å². The molecule has 0 aromatic heterocycles. The number of halogens is 1. The minimum Gasteiger partial charge on any atom is -0.493 e. The first-order valence-corrected chi connectivity index (χ1v) is 7.12. The van der Waals surface area contributed by atoms with E-state index in [2.05, 4.69) is 41.9 Å². The second-order valence-corrected chi connectivity index (χ2v) is 4.91. The summed E-state index contributed by atoms with van der Waals surface area (Å²) in [7, 11) is 1.68. The summed E-state index contributed by atoms with van der Waals surface area (Å²) in [6.07, 6.45) is 0. The Morgan fingerprint density at radius 1 is 1.24 bits per heavy atom. The number of benzene rings is 1. The molecule has 2 nitrogen and oxygen atoms in total. The van der Waals surface area contributed by atoms with Gasteiger partial charge in [-0.3, -0.25) is 0 Å². The van der Waals surface area contributed by atoms with Gasteiger partial charge in [0, 0.05) is 5.33 Å². The zero-order chi connectivity index (χ0) is 12.8. The van der Waals surface area contributed by atoms with Crippen LogP contribution in [0.25, 0.3) is 0 Å². The SMILES string of the molecule is CCOc1ccc(C(C)C(C)CBr)cc1OC. The Kier molecular flexibility index (Phi) is 5.83. The summed E-state index contributed by atoms with van der Waals surface area (Å²) in [4.78, 5) is 0. The lowest BCUT2D eigenvalue weighted by Gasteiger charge is -2.19. The second kappa shape index (κ2) is 6.90. The van der Waals surface area contributed by atoms with Crippen molar-refractivity contribution in [2.24, 2.45) is 5.92 Å². The van der Waals surface area contributed by atoms with Crippen molar-refractivity contribution in [1.82, 2.24) is 0 Å². The third-order valence-corrected chi connectivity index (χ3v) is 4.13. The van der Waals surface area contributed by atoms with Crippen LogP contribution in [-0.4, -0.2) is 19.0 Å². The highest BCUT2D eigenvalue weighted by atomic mass is 79.9. The average molecular weight is 301 g/mol. The molecule has 0 saturated carbocycles. The molecule has 96 valence electrons. The lowest BCUT2D eigenvalue weighted by molar-refractivity contribution is 0.310. The van der Waals surface area contributed by atoms with Gasteiger partial charge in [-0.1, -0.05) is 35.8 Å². The summed E-state index contributed by atoms with van der Waals surface area (Å²) in [6, 6.07) is 6.20. The van der Waals surface area contributed by atoms with E-state index in [4.69, 9.17) is 9.47 Å². The summed E-state index contributed by atoms with van der Waals surface area (Å²) in [6.45, 7) is 7.11. The fraction of sp³-hybridized carbons (Fsp3) is 0.571. The summed E-state index contributed by atoms with van der Waals surface area (Å²) < 4.78 is 10.9. The quantitative estimate of drug-likeness (QED) is 0.732. The monoisotopic (exact) mass is 300 g/mol. The number of rotatable bonds is 6. The van der Waals surface area contributed by atoms with Gasteiger partial charge in [-0.2, -0.15) is 0 Å². The molecule has 2 atom stereocenters. The van der Waals surface area contributed by atoms with E-state index in [1.807, 2.05) is 13.0 Å². The van der Waals surface area contributed by atoms with Crippen molar-refractivity contribution in [2.75, 3.05) is 19.0 Å². The van der Waals surface area contributed by atoms with Crippen molar-refractivity contribution in [1.29, 1.82) is 0 Å². The first kappa shape index (κ1) is 14.4. The van der Waals surface area contributed by atoms with Crippen LogP contribution in [0.3, 0.4) is 0 Å². The summed E-state index contributed by atoms with van der Waals surface area (Å²) in [5.74, 6) is 2.73. The van der Waals surface area contributed by atoms with Gasteiger partial charge in [0.1, 0.15) is 0 Å². The zero-order valence-corrected chi connectivity index (χ0v) is 12.6. The smallest absolute Gasteiger partial charge is 0.161 e. The van der Waals surface area contributed by atoms with Gasteiger partial charge in [-0.05, 0) is 36.5 Å². The van der Waals surface area contributed by atoms with Crippen molar-refractivity contribution >= 4 is 15.9 Å². The molecular weight excluding hydrogens is 280 g/mol. The van der Waals surface area contributed by atoms with Crippen LogP contribution < -0.4 is 9.47 Å². The minimum absolute atomic E-state index is 0.499. The third kappa shape index (κ3) is 3.63. The summed E-state index contributed by atoms with van der Waals surface area (Å²) >= 11 is 3.53. The van der Waals surface area contributed by atoms with E-state index in [0.29, 0.717) is 18.4 Å². The highest BCUT2D eigenvalue weighted by Crippen LogP contribution is 2.33. The Hall–Kier alpha value is -0.700. The predicted octanol–water partition coefficient (Wildman–Crippen LogP) is 4.23. The van der Waals surface area contributed by atoms with Crippen LogP contribution in [0.15, 0.2) is 18.2 Å². The Morgan fingerprint density at radius 3 is 2.47 bits per heavy atom. The van der Waals surface area contributed by atoms with Crippen molar-refractivity contribution in [2.45, 2.75) is 26.7 Å². The zero-order valence-electron chi connectivity index (χ0n) is 11.0. The van der Waals surface area contributed by atoms with Crippen molar-refractivity contribution < 1.29 is 9.47 Å². The molecule has 2 unspecified atom stereocenters. The van der Waals surface area contributed by atoms with Gasteiger partial charge in [-0.25, -0.2) is 0 Å². The molecule has 0 radical (unpaired) electrons. The van der Waals surface area contributed by atoms with Gasteiger partial charge in [0.2, 0.25) is 0 Å². The van der Waals surface area contributed by atoms with Crippen LogP contribution in [0.1, 0.15) is 32.3 Å². The molecule has 0 saturated heterocycles. The van der Waals surface area contributed by atoms with E-state index in [1.54, 1.807) is 7.11 Å². The number of hydrogen-bond donors (Lipinski definition) is 0. The van der Waals surface area contributed by atoms with E-state index in [9.17, 15) is 0 Å². The summed E-state index contributed by atoms with van der Waals surface area (Å²) in [5, 5.41) is 1.00.